The van der Waals surface area contributed by atoms with Gasteiger partial charge in [0.05, 0.1) is 12.8 Å². The number of ether oxygens (including phenoxy) is 1. The third-order valence-electron chi connectivity index (χ3n) is 5.41. The van der Waals surface area contributed by atoms with E-state index in [1.165, 1.54) is 16.8 Å². The number of aryl methyl sites for hydroxylation is 2. The van der Waals surface area contributed by atoms with E-state index >= 15 is 0 Å². The third kappa shape index (κ3) is 3.26. The number of benzene rings is 2. The molecule has 0 bridgehead atoms. The molecule has 0 N–H and O–H groups in total. The van der Waals surface area contributed by atoms with Gasteiger partial charge in [0, 0.05) is 18.3 Å². The molecule has 0 atom stereocenters. The molecule has 30 heavy (non-hydrogen) atoms. The Bertz CT molecular complexity index is 1200. The van der Waals surface area contributed by atoms with Crippen LogP contribution in [0.2, 0.25) is 0 Å². The Morgan fingerprint density at radius 2 is 1.93 bits per heavy atom. The first-order chi connectivity index (χ1) is 14.4. The molecule has 1 aromatic heterocycles. The van der Waals surface area contributed by atoms with Gasteiger partial charge in [-0.3, -0.25) is 9.59 Å². The van der Waals surface area contributed by atoms with Crippen LogP contribution in [0.3, 0.4) is 0 Å². The summed E-state index contributed by atoms with van der Waals surface area (Å²) in [5, 5.41) is 4.26. The van der Waals surface area contributed by atoms with Crippen LogP contribution in [0, 0.1) is 19.7 Å². The normalized spacial score (nSPS) is 13.1. The molecule has 0 radical (unpaired) electrons. The zero-order chi connectivity index (χ0) is 21.4. The molecule has 0 aliphatic carbocycles. The number of amides is 1. The summed E-state index contributed by atoms with van der Waals surface area (Å²) in [6.45, 7) is 4.08. The lowest BCUT2D eigenvalue weighted by Crippen LogP contribution is -2.40. The number of carbonyl (C=O) groups is 1. The Hall–Kier alpha value is -3.48. The van der Waals surface area contributed by atoms with Crippen molar-refractivity contribution in [1.82, 2.24) is 9.78 Å². The van der Waals surface area contributed by atoms with Gasteiger partial charge in [0.1, 0.15) is 17.3 Å². The SMILES string of the molecule is COc1ccc(C)c2c1N(C(=O)c1nn(-c3ccccc3F)c(C)cc1=O)CCC2. The standard InChI is InChI=1S/C23H22FN3O3/c1-14-10-11-20(30-3)22-16(14)7-6-12-26(22)23(29)21-19(28)13-15(2)27(25-21)18-9-5-4-8-17(18)24/h4-5,8-11,13H,6-7,12H2,1-3H3. The number of carbonyl (C=O) groups excluding carboxylic acids is 1. The summed E-state index contributed by atoms with van der Waals surface area (Å²) in [7, 11) is 1.55. The molecule has 2 heterocycles. The van der Waals surface area contributed by atoms with Crippen molar-refractivity contribution in [3.63, 3.8) is 0 Å². The number of fused-ring (bicyclic) bond motifs is 1. The average Bonchev–Trinajstić information content (AvgIpc) is 2.74. The molecule has 1 amide bonds. The zero-order valence-electron chi connectivity index (χ0n) is 17.1. The van der Waals surface area contributed by atoms with Gasteiger partial charge < -0.3 is 9.64 Å². The van der Waals surface area contributed by atoms with Crippen molar-refractivity contribution in [2.45, 2.75) is 26.7 Å². The van der Waals surface area contributed by atoms with Crippen LogP contribution >= 0.6 is 0 Å². The number of aromatic nitrogens is 2. The maximum atomic E-state index is 14.3. The monoisotopic (exact) mass is 407 g/mol. The Balaban J connectivity index is 1.85. The lowest BCUT2D eigenvalue weighted by Gasteiger charge is -2.31. The second-order valence-corrected chi connectivity index (χ2v) is 7.33. The highest BCUT2D eigenvalue weighted by molar-refractivity contribution is 6.06. The number of rotatable bonds is 3. The first-order valence-corrected chi connectivity index (χ1v) is 9.76. The minimum Gasteiger partial charge on any atom is -0.495 e. The second-order valence-electron chi connectivity index (χ2n) is 7.33. The number of halogens is 1. The van der Waals surface area contributed by atoms with Gasteiger partial charge in [0.25, 0.3) is 5.91 Å². The summed E-state index contributed by atoms with van der Waals surface area (Å²) < 4.78 is 21.1. The molecule has 7 heteroatoms. The van der Waals surface area contributed by atoms with Crippen molar-refractivity contribution in [1.29, 1.82) is 0 Å². The third-order valence-corrected chi connectivity index (χ3v) is 5.41. The van der Waals surface area contributed by atoms with Crippen LogP contribution in [0.25, 0.3) is 5.69 Å². The van der Waals surface area contributed by atoms with Crippen LogP contribution in [-0.2, 0) is 6.42 Å². The van der Waals surface area contributed by atoms with Gasteiger partial charge in [0.2, 0.25) is 5.43 Å². The smallest absolute Gasteiger partial charge is 0.282 e. The molecule has 0 unspecified atom stereocenters. The van der Waals surface area contributed by atoms with E-state index < -0.39 is 17.2 Å². The Kier molecular flexibility index (Phi) is 5.11. The second kappa shape index (κ2) is 7.74. The first-order valence-electron chi connectivity index (χ1n) is 9.76. The van der Waals surface area contributed by atoms with Gasteiger partial charge in [0.15, 0.2) is 5.69 Å². The summed E-state index contributed by atoms with van der Waals surface area (Å²) in [6, 6.07) is 11.2. The predicted molar refractivity (Wildman–Crippen MR) is 112 cm³/mol. The van der Waals surface area contributed by atoms with E-state index in [1.807, 2.05) is 19.1 Å². The number of nitrogens with zero attached hydrogens (tertiary/aromatic N) is 3. The van der Waals surface area contributed by atoms with Gasteiger partial charge in [-0.2, -0.15) is 5.10 Å². The lowest BCUT2D eigenvalue weighted by atomic mass is 9.96. The molecule has 2 aromatic carbocycles. The number of anilines is 1. The molecule has 1 aliphatic heterocycles. The van der Waals surface area contributed by atoms with Gasteiger partial charge in [-0.05, 0) is 56.0 Å². The summed E-state index contributed by atoms with van der Waals surface area (Å²) >= 11 is 0. The van der Waals surface area contributed by atoms with Crippen molar-refractivity contribution < 1.29 is 13.9 Å². The van der Waals surface area contributed by atoms with Crippen molar-refractivity contribution in [2.24, 2.45) is 0 Å². The average molecular weight is 407 g/mol. The van der Waals surface area contributed by atoms with Crippen molar-refractivity contribution >= 4 is 11.6 Å². The Labute approximate surface area is 173 Å². The zero-order valence-corrected chi connectivity index (χ0v) is 17.1. The predicted octanol–water partition coefficient (Wildman–Crippen LogP) is 3.59. The summed E-state index contributed by atoms with van der Waals surface area (Å²) in [5.41, 5.74) is 2.63. The van der Waals surface area contributed by atoms with Gasteiger partial charge in [-0.25, -0.2) is 9.07 Å². The van der Waals surface area contributed by atoms with E-state index in [9.17, 15) is 14.0 Å². The van der Waals surface area contributed by atoms with Crippen LogP contribution in [0.5, 0.6) is 5.75 Å². The number of methoxy groups -OCH3 is 1. The summed E-state index contributed by atoms with van der Waals surface area (Å²) in [4.78, 5) is 27.7. The van der Waals surface area contributed by atoms with E-state index in [0.717, 1.165) is 24.0 Å². The van der Waals surface area contributed by atoms with E-state index in [4.69, 9.17) is 4.74 Å². The number of hydrogen-bond acceptors (Lipinski definition) is 4. The lowest BCUT2D eigenvalue weighted by molar-refractivity contribution is 0.0976. The molecule has 0 fully saturated rings. The fraction of sp³-hybridized carbons (Fsp3) is 0.261. The van der Waals surface area contributed by atoms with Crippen LogP contribution in [0.4, 0.5) is 10.1 Å². The topological polar surface area (TPSA) is 64.4 Å². The molecular formula is C23H22FN3O3. The van der Waals surface area contributed by atoms with Crippen LogP contribution in [0.15, 0.2) is 47.3 Å². The summed E-state index contributed by atoms with van der Waals surface area (Å²) in [5.74, 6) is -0.434. The maximum Gasteiger partial charge on any atom is 0.282 e. The molecular weight excluding hydrogens is 385 g/mol. The van der Waals surface area contributed by atoms with Crippen molar-refractivity contribution in [3.8, 4) is 11.4 Å². The van der Waals surface area contributed by atoms with Crippen molar-refractivity contribution in [2.75, 3.05) is 18.6 Å². The van der Waals surface area contributed by atoms with Crippen LogP contribution < -0.4 is 15.1 Å². The molecule has 0 saturated heterocycles. The van der Waals surface area contributed by atoms with E-state index in [1.54, 1.807) is 37.1 Å². The van der Waals surface area contributed by atoms with E-state index in [0.29, 0.717) is 23.7 Å². The van der Waals surface area contributed by atoms with Gasteiger partial charge in [-0.1, -0.05) is 18.2 Å². The molecule has 4 rings (SSSR count). The molecule has 0 spiro atoms. The fourth-order valence-corrected chi connectivity index (χ4v) is 3.91. The highest BCUT2D eigenvalue weighted by Crippen LogP contribution is 2.38. The van der Waals surface area contributed by atoms with Gasteiger partial charge in [-0.15, -0.1) is 0 Å². The number of hydrogen-bond donors (Lipinski definition) is 0. The molecule has 154 valence electrons. The van der Waals surface area contributed by atoms with E-state index in [2.05, 4.69) is 5.10 Å². The fourth-order valence-electron chi connectivity index (χ4n) is 3.91. The number of para-hydroxylation sites is 1. The highest BCUT2D eigenvalue weighted by atomic mass is 19.1. The molecule has 1 aliphatic rings. The minimum atomic E-state index is -0.519. The molecule has 6 nitrogen and oxygen atoms in total. The molecule has 3 aromatic rings. The quantitative estimate of drug-likeness (QED) is 0.666. The minimum absolute atomic E-state index is 0.177. The molecule has 0 saturated carbocycles. The summed E-state index contributed by atoms with van der Waals surface area (Å²) in [6.07, 6.45) is 1.59. The van der Waals surface area contributed by atoms with Gasteiger partial charge >= 0.3 is 0 Å². The highest BCUT2D eigenvalue weighted by Gasteiger charge is 2.30. The Morgan fingerprint density at radius 3 is 2.67 bits per heavy atom. The largest absolute Gasteiger partial charge is 0.495 e. The first kappa shape index (κ1) is 19.8. The Morgan fingerprint density at radius 1 is 1.17 bits per heavy atom. The maximum absolute atomic E-state index is 14.3. The van der Waals surface area contributed by atoms with Crippen LogP contribution in [0.1, 0.15) is 33.7 Å². The van der Waals surface area contributed by atoms with Crippen molar-refractivity contribution in [3.05, 3.63) is 81.0 Å². The van der Waals surface area contributed by atoms with Crippen LogP contribution in [-0.4, -0.2) is 29.3 Å². The van der Waals surface area contributed by atoms with E-state index in [-0.39, 0.29) is 11.4 Å².